The summed E-state index contributed by atoms with van der Waals surface area (Å²) >= 11 is 1.54. The Morgan fingerprint density at radius 3 is 2.77 bits per heavy atom. The van der Waals surface area contributed by atoms with Crippen LogP contribution in [0.15, 0.2) is 10.7 Å². The van der Waals surface area contributed by atoms with E-state index in [0.29, 0.717) is 34.0 Å². The first-order valence-corrected chi connectivity index (χ1v) is 17.1. The molecule has 0 bridgehead atoms. The van der Waals surface area contributed by atoms with Gasteiger partial charge in [-0.25, -0.2) is 14.6 Å². The van der Waals surface area contributed by atoms with E-state index in [1.807, 2.05) is 6.20 Å². The fraction of sp³-hybridized carbons (Fsp3) is 0.606. The van der Waals surface area contributed by atoms with Crippen molar-refractivity contribution in [3.8, 4) is 17.6 Å². The number of likely N-dealkylation sites (N-methyl/N-ethyl adjacent to an activating group) is 1. The smallest absolute Gasteiger partial charge is 0.186 e. The number of nitrogens with zero attached hydrogens (tertiary/aromatic N) is 8. The number of aryl methyl sites for hydroxylation is 1. The molecule has 5 heterocycles. The number of piperidine rings is 1. The lowest BCUT2D eigenvalue weighted by molar-refractivity contribution is 0.244. The molecule has 0 radical (unpaired) electrons. The van der Waals surface area contributed by atoms with E-state index in [-0.39, 0.29) is 5.92 Å². The van der Waals surface area contributed by atoms with Crippen molar-refractivity contribution in [2.45, 2.75) is 97.1 Å². The van der Waals surface area contributed by atoms with Crippen LogP contribution in [0.2, 0.25) is 0 Å². The molecule has 0 amide bonds. The molecule has 4 aromatic rings. The van der Waals surface area contributed by atoms with Crippen molar-refractivity contribution in [2.24, 2.45) is 5.92 Å². The van der Waals surface area contributed by atoms with Crippen molar-refractivity contribution >= 4 is 33.2 Å². The zero-order valence-electron chi connectivity index (χ0n) is 26.8. The molecule has 3 atom stereocenters. The van der Waals surface area contributed by atoms with Crippen LogP contribution in [0.4, 0.5) is 10.8 Å². The first kappa shape index (κ1) is 30.5. The van der Waals surface area contributed by atoms with Gasteiger partial charge in [-0.05, 0) is 70.5 Å². The van der Waals surface area contributed by atoms with Crippen LogP contribution in [-0.4, -0.2) is 63.0 Å². The summed E-state index contributed by atoms with van der Waals surface area (Å²) in [4.78, 5) is 16.2. The van der Waals surface area contributed by atoms with E-state index >= 15 is 0 Å². The van der Waals surface area contributed by atoms with E-state index in [1.54, 1.807) is 11.3 Å². The Morgan fingerprint density at radius 1 is 1.20 bits per heavy atom. The predicted octanol–water partition coefficient (Wildman–Crippen LogP) is 6.38. The largest absolute Gasteiger partial charge is 0.389 e. The normalized spacial score (nSPS) is 19.4. The molecular weight excluding hydrogens is 570 g/mol. The summed E-state index contributed by atoms with van der Waals surface area (Å²) in [6.45, 7) is 9.38. The molecule has 1 aliphatic heterocycles. The number of hydrogen-bond acceptors (Lipinski definition) is 10. The molecule has 0 spiro atoms. The molecule has 234 valence electrons. The Bertz CT molecular complexity index is 1660. The topological polar surface area (TPSA) is 126 Å². The minimum Gasteiger partial charge on any atom is -0.389 e. The van der Waals surface area contributed by atoms with Gasteiger partial charge >= 0.3 is 0 Å². The fourth-order valence-corrected chi connectivity index (χ4v) is 8.34. The minimum absolute atomic E-state index is 0.0451. The van der Waals surface area contributed by atoms with Gasteiger partial charge in [0.05, 0.1) is 23.7 Å². The third kappa shape index (κ3) is 5.58. The van der Waals surface area contributed by atoms with Gasteiger partial charge in [0.2, 0.25) is 0 Å². The second-order valence-corrected chi connectivity index (χ2v) is 14.0. The fourth-order valence-electron chi connectivity index (χ4n) is 7.16. The lowest BCUT2D eigenvalue weighted by Crippen LogP contribution is -2.35. The van der Waals surface area contributed by atoms with Gasteiger partial charge in [-0.2, -0.15) is 10.4 Å². The number of hydrogen-bond donors (Lipinski definition) is 1. The molecule has 1 aliphatic carbocycles. The van der Waals surface area contributed by atoms with Crippen LogP contribution in [0.25, 0.3) is 22.6 Å². The maximum atomic E-state index is 10.0. The standard InChI is InChI=1S/C33H45N9OS/c1-6-10-21(40(4)5)19-42-33-25(17-36-42)32(41-15-9-12-20(3)18-41)37-31(38-33)28-23-14-8-13-22(29(23)43-39-28)27-24(16-34)30(35)44-26(27)11-7-2/h17,20-22H,6-15,18-19,35H2,1-5H3. The average Bonchev–Trinajstić information content (AvgIpc) is 3.71. The number of anilines is 2. The van der Waals surface area contributed by atoms with Gasteiger partial charge in [-0.1, -0.05) is 38.8 Å². The average molecular weight is 616 g/mol. The molecule has 0 aromatic carbocycles. The first-order chi connectivity index (χ1) is 21.3. The van der Waals surface area contributed by atoms with E-state index in [1.165, 1.54) is 11.3 Å². The Labute approximate surface area is 264 Å². The van der Waals surface area contributed by atoms with Crippen molar-refractivity contribution in [1.29, 1.82) is 5.26 Å². The molecule has 2 aliphatic rings. The molecule has 3 unspecified atom stereocenters. The third-order valence-electron chi connectivity index (χ3n) is 9.42. The van der Waals surface area contributed by atoms with Gasteiger partial charge in [-0.15, -0.1) is 11.3 Å². The minimum atomic E-state index is -0.0451. The summed E-state index contributed by atoms with van der Waals surface area (Å²) in [7, 11) is 4.27. The van der Waals surface area contributed by atoms with E-state index in [4.69, 9.17) is 25.3 Å². The highest BCUT2D eigenvalue weighted by Crippen LogP contribution is 2.46. The molecule has 10 nitrogen and oxygen atoms in total. The number of thiophene rings is 1. The number of rotatable bonds is 10. The molecule has 11 heteroatoms. The first-order valence-electron chi connectivity index (χ1n) is 16.3. The van der Waals surface area contributed by atoms with Crippen LogP contribution >= 0.6 is 11.3 Å². The van der Waals surface area contributed by atoms with Crippen LogP contribution in [0.3, 0.4) is 0 Å². The van der Waals surface area contributed by atoms with Crippen LogP contribution in [0.1, 0.15) is 99.0 Å². The van der Waals surface area contributed by atoms with E-state index in [9.17, 15) is 5.26 Å². The molecule has 1 saturated heterocycles. The molecule has 6 rings (SSSR count). The Morgan fingerprint density at radius 2 is 2.05 bits per heavy atom. The van der Waals surface area contributed by atoms with Crippen LogP contribution in [-0.2, 0) is 19.4 Å². The van der Waals surface area contributed by atoms with Crippen molar-refractivity contribution in [1.82, 2.24) is 29.8 Å². The third-order valence-corrected chi connectivity index (χ3v) is 10.5. The van der Waals surface area contributed by atoms with Gasteiger partial charge in [0.1, 0.15) is 22.6 Å². The second-order valence-electron chi connectivity index (χ2n) is 12.9. The number of nitrogens with two attached hydrogens (primary N) is 1. The van der Waals surface area contributed by atoms with Gasteiger partial charge < -0.3 is 20.1 Å². The highest BCUT2D eigenvalue weighted by Gasteiger charge is 2.35. The maximum absolute atomic E-state index is 10.0. The van der Waals surface area contributed by atoms with Crippen LogP contribution < -0.4 is 10.6 Å². The molecule has 1 fully saturated rings. The van der Waals surface area contributed by atoms with Gasteiger partial charge in [0, 0.05) is 35.5 Å². The molecule has 0 saturated carbocycles. The highest BCUT2D eigenvalue weighted by atomic mass is 32.1. The maximum Gasteiger partial charge on any atom is 0.186 e. The second kappa shape index (κ2) is 12.9. The van der Waals surface area contributed by atoms with Crippen molar-refractivity contribution < 1.29 is 4.52 Å². The lowest BCUT2D eigenvalue weighted by Gasteiger charge is -2.32. The predicted molar refractivity (Wildman–Crippen MR) is 176 cm³/mol. The summed E-state index contributed by atoms with van der Waals surface area (Å²) in [6.07, 6.45) is 11.1. The van der Waals surface area contributed by atoms with Gasteiger partial charge in [0.15, 0.2) is 17.2 Å². The summed E-state index contributed by atoms with van der Waals surface area (Å²) in [5.41, 5.74) is 10.6. The van der Waals surface area contributed by atoms with Crippen molar-refractivity contribution in [2.75, 3.05) is 37.8 Å². The van der Waals surface area contributed by atoms with Gasteiger partial charge in [0.25, 0.3) is 0 Å². The van der Waals surface area contributed by atoms with Crippen molar-refractivity contribution in [3.05, 3.63) is 33.5 Å². The van der Waals surface area contributed by atoms with E-state index in [2.05, 4.69) is 60.6 Å². The zero-order chi connectivity index (χ0) is 31.0. The van der Waals surface area contributed by atoms with Crippen LogP contribution in [0.5, 0.6) is 0 Å². The Hall–Kier alpha value is -3.49. The number of fused-ring (bicyclic) bond motifs is 2. The zero-order valence-corrected chi connectivity index (χ0v) is 27.6. The summed E-state index contributed by atoms with van der Waals surface area (Å²) < 4.78 is 8.24. The Kier molecular flexibility index (Phi) is 8.92. The van der Waals surface area contributed by atoms with Gasteiger partial charge in [-0.3, -0.25) is 0 Å². The van der Waals surface area contributed by atoms with E-state index < -0.39 is 0 Å². The van der Waals surface area contributed by atoms with Crippen molar-refractivity contribution in [3.63, 3.8) is 0 Å². The quantitative estimate of drug-likeness (QED) is 0.216. The molecule has 2 N–H and O–H groups in total. The SMILES string of the molecule is CCCc1sc(N)c(C#N)c1C1CCCc2c(-c3nc(N4CCCC(C)C4)c4cnn(CC(CCC)N(C)C)c4n3)noc21. The molecule has 44 heavy (non-hydrogen) atoms. The number of aromatic nitrogens is 5. The molecular formula is C33H45N9OS. The summed E-state index contributed by atoms with van der Waals surface area (Å²) in [5, 5.41) is 21.1. The lowest BCUT2D eigenvalue weighted by atomic mass is 9.81. The monoisotopic (exact) mass is 615 g/mol. The van der Waals surface area contributed by atoms with Crippen LogP contribution in [0, 0.1) is 17.2 Å². The van der Waals surface area contributed by atoms with E-state index in [0.717, 1.165) is 105 Å². The summed E-state index contributed by atoms with van der Waals surface area (Å²) in [6, 6.07) is 2.74. The Balaban J connectivity index is 1.47. The molecule has 4 aromatic heterocycles. The number of nitrogen functional groups attached to an aromatic ring is 1. The highest BCUT2D eigenvalue weighted by molar-refractivity contribution is 7.16. The summed E-state index contributed by atoms with van der Waals surface area (Å²) in [5.74, 6) is 2.91. The number of nitriles is 1.